The summed E-state index contributed by atoms with van der Waals surface area (Å²) in [5.74, 6) is -0.104. The van der Waals surface area contributed by atoms with Crippen molar-refractivity contribution in [2.24, 2.45) is 5.92 Å². The molecule has 1 aliphatic rings. The number of hydrogen-bond donors (Lipinski definition) is 1. The van der Waals surface area contributed by atoms with Gasteiger partial charge in [-0.1, -0.05) is 49.2 Å². The van der Waals surface area contributed by atoms with Crippen LogP contribution in [0, 0.1) is 5.92 Å². The third kappa shape index (κ3) is 4.59. The smallest absolute Gasteiger partial charge is 0.255 e. The number of nitrogens with one attached hydrogen (secondary N) is 1. The Balaban J connectivity index is 1.78. The van der Waals surface area contributed by atoms with Crippen molar-refractivity contribution >= 4 is 46.4 Å². The second kappa shape index (κ2) is 8.84. The molecule has 1 fully saturated rings. The molecule has 0 bridgehead atoms. The Labute approximate surface area is 175 Å². The molecule has 2 aromatic rings. The molecule has 1 aliphatic heterocycles. The maximum absolute atomic E-state index is 12.6. The monoisotopic (exact) mass is 419 g/mol. The molecule has 1 saturated heterocycles. The molecular formula is C21H23Cl2N3O2. The molecule has 0 radical (unpaired) electrons. The first kappa shape index (κ1) is 20.5. The predicted molar refractivity (Wildman–Crippen MR) is 114 cm³/mol. The van der Waals surface area contributed by atoms with Gasteiger partial charge >= 0.3 is 0 Å². The fourth-order valence-corrected chi connectivity index (χ4v) is 3.76. The predicted octanol–water partition coefficient (Wildman–Crippen LogP) is 4.55. The number of hydrogen-bond acceptors (Lipinski definition) is 3. The number of rotatable bonds is 4. The lowest BCUT2D eigenvalue weighted by Gasteiger charge is -2.38. The minimum atomic E-state index is -0.250. The third-order valence-corrected chi connectivity index (χ3v) is 5.26. The quantitative estimate of drug-likeness (QED) is 0.790. The number of piperazine rings is 1. The molecule has 0 atom stereocenters. The van der Waals surface area contributed by atoms with Crippen molar-refractivity contribution in [1.29, 1.82) is 0 Å². The van der Waals surface area contributed by atoms with E-state index in [1.165, 1.54) is 0 Å². The zero-order valence-corrected chi connectivity index (χ0v) is 17.4. The Kier molecular flexibility index (Phi) is 6.47. The van der Waals surface area contributed by atoms with Crippen LogP contribution in [0.1, 0.15) is 24.2 Å². The Morgan fingerprint density at radius 3 is 2.32 bits per heavy atom. The van der Waals surface area contributed by atoms with Crippen LogP contribution in [0.3, 0.4) is 0 Å². The van der Waals surface area contributed by atoms with Gasteiger partial charge in [-0.05, 0) is 30.3 Å². The standard InChI is InChI=1S/C21H23Cl2N3O2/c1-14(2)21(28)26-11-9-25(10-12-26)19-17(23)7-4-8-18(19)24-20(27)15-5-3-6-16(22)13-15/h3-8,13-14H,9-12H2,1-2H3,(H,24,27). The first-order chi connectivity index (χ1) is 13.4. The first-order valence-corrected chi connectivity index (χ1v) is 10.0. The molecule has 148 valence electrons. The van der Waals surface area contributed by atoms with Crippen molar-refractivity contribution in [2.45, 2.75) is 13.8 Å². The van der Waals surface area contributed by atoms with Gasteiger partial charge in [-0.15, -0.1) is 0 Å². The Hall–Kier alpha value is -2.24. The highest BCUT2D eigenvalue weighted by atomic mass is 35.5. The normalized spacial score (nSPS) is 14.3. The SMILES string of the molecule is CC(C)C(=O)N1CCN(c2c(Cl)cccc2NC(=O)c2cccc(Cl)c2)CC1. The van der Waals surface area contributed by atoms with Crippen molar-refractivity contribution in [3.8, 4) is 0 Å². The number of anilines is 2. The van der Waals surface area contributed by atoms with E-state index < -0.39 is 0 Å². The van der Waals surface area contributed by atoms with Crippen LogP contribution in [0.2, 0.25) is 10.0 Å². The van der Waals surface area contributed by atoms with Gasteiger partial charge in [0.25, 0.3) is 5.91 Å². The lowest BCUT2D eigenvalue weighted by molar-refractivity contribution is -0.134. The molecule has 0 aromatic heterocycles. The number of benzene rings is 2. The molecular weight excluding hydrogens is 397 g/mol. The fourth-order valence-electron chi connectivity index (χ4n) is 3.28. The summed E-state index contributed by atoms with van der Waals surface area (Å²) in [6, 6.07) is 12.2. The average molecular weight is 420 g/mol. The fraction of sp³-hybridized carbons (Fsp3) is 0.333. The highest BCUT2D eigenvalue weighted by Gasteiger charge is 2.25. The van der Waals surface area contributed by atoms with Gasteiger partial charge in [0.15, 0.2) is 0 Å². The highest BCUT2D eigenvalue weighted by molar-refractivity contribution is 6.34. The van der Waals surface area contributed by atoms with Crippen molar-refractivity contribution in [2.75, 3.05) is 36.4 Å². The Morgan fingerprint density at radius 1 is 1.00 bits per heavy atom. The molecule has 1 heterocycles. The molecule has 3 rings (SSSR count). The van der Waals surface area contributed by atoms with E-state index in [-0.39, 0.29) is 17.7 Å². The average Bonchev–Trinajstić information content (AvgIpc) is 2.67. The van der Waals surface area contributed by atoms with E-state index in [0.29, 0.717) is 47.5 Å². The van der Waals surface area contributed by atoms with Gasteiger partial charge in [0, 0.05) is 42.7 Å². The molecule has 2 amide bonds. The molecule has 7 heteroatoms. The highest BCUT2D eigenvalue weighted by Crippen LogP contribution is 2.35. The van der Waals surface area contributed by atoms with Crippen LogP contribution in [-0.2, 0) is 4.79 Å². The maximum atomic E-state index is 12.6. The topological polar surface area (TPSA) is 52.7 Å². The summed E-state index contributed by atoms with van der Waals surface area (Å²) >= 11 is 12.5. The second-order valence-corrected chi connectivity index (χ2v) is 7.91. The summed E-state index contributed by atoms with van der Waals surface area (Å²) in [5, 5.41) is 4.01. The molecule has 0 saturated carbocycles. The largest absolute Gasteiger partial charge is 0.365 e. The van der Waals surface area contributed by atoms with E-state index in [1.807, 2.05) is 24.8 Å². The molecule has 28 heavy (non-hydrogen) atoms. The van der Waals surface area contributed by atoms with Crippen LogP contribution in [0.5, 0.6) is 0 Å². The van der Waals surface area contributed by atoms with Crippen LogP contribution in [0.4, 0.5) is 11.4 Å². The summed E-state index contributed by atoms with van der Waals surface area (Å²) in [4.78, 5) is 28.9. The van der Waals surface area contributed by atoms with Crippen LogP contribution >= 0.6 is 23.2 Å². The number of carbonyl (C=O) groups is 2. The first-order valence-electron chi connectivity index (χ1n) is 9.26. The zero-order chi connectivity index (χ0) is 20.3. The van der Waals surface area contributed by atoms with Gasteiger partial charge in [0.1, 0.15) is 0 Å². The van der Waals surface area contributed by atoms with E-state index in [1.54, 1.807) is 36.4 Å². The van der Waals surface area contributed by atoms with Crippen molar-refractivity contribution in [3.63, 3.8) is 0 Å². The van der Waals surface area contributed by atoms with E-state index in [0.717, 1.165) is 5.69 Å². The van der Waals surface area contributed by atoms with Gasteiger partial charge in [-0.3, -0.25) is 9.59 Å². The third-order valence-electron chi connectivity index (χ3n) is 4.72. The van der Waals surface area contributed by atoms with Crippen LogP contribution in [0.15, 0.2) is 42.5 Å². The minimum Gasteiger partial charge on any atom is -0.365 e. The number of para-hydroxylation sites is 1. The number of halogens is 2. The lowest BCUT2D eigenvalue weighted by atomic mass is 10.1. The van der Waals surface area contributed by atoms with Gasteiger partial charge in [-0.2, -0.15) is 0 Å². The van der Waals surface area contributed by atoms with Gasteiger partial charge in [0.05, 0.1) is 16.4 Å². The van der Waals surface area contributed by atoms with Gasteiger partial charge in [-0.25, -0.2) is 0 Å². The summed E-state index contributed by atoms with van der Waals surface area (Å²) in [6.07, 6.45) is 0. The Morgan fingerprint density at radius 2 is 1.68 bits per heavy atom. The van der Waals surface area contributed by atoms with Crippen LogP contribution < -0.4 is 10.2 Å². The van der Waals surface area contributed by atoms with Crippen LogP contribution in [-0.4, -0.2) is 42.9 Å². The van der Waals surface area contributed by atoms with E-state index in [9.17, 15) is 9.59 Å². The summed E-state index contributed by atoms with van der Waals surface area (Å²) < 4.78 is 0. The van der Waals surface area contributed by atoms with E-state index in [2.05, 4.69) is 10.2 Å². The summed E-state index contributed by atoms with van der Waals surface area (Å²) in [5.41, 5.74) is 1.89. The van der Waals surface area contributed by atoms with Crippen molar-refractivity contribution in [3.05, 3.63) is 58.1 Å². The molecule has 0 spiro atoms. The summed E-state index contributed by atoms with van der Waals surface area (Å²) in [6.45, 7) is 6.39. The van der Waals surface area contributed by atoms with E-state index in [4.69, 9.17) is 23.2 Å². The number of nitrogens with zero attached hydrogens (tertiary/aromatic N) is 2. The maximum Gasteiger partial charge on any atom is 0.255 e. The molecule has 0 unspecified atom stereocenters. The number of carbonyl (C=O) groups excluding carboxylic acids is 2. The molecule has 0 aliphatic carbocycles. The summed E-state index contributed by atoms with van der Waals surface area (Å²) in [7, 11) is 0. The number of amides is 2. The second-order valence-electron chi connectivity index (χ2n) is 7.07. The van der Waals surface area contributed by atoms with Gasteiger partial charge < -0.3 is 15.1 Å². The van der Waals surface area contributed by atoms with Crippen molar-refractivity contribution < 1.29 is 9.59 Å². The Bertz CT molecular complexity index is 878. The molecule has 2 aromatic carbocycles. The lowest BCUT2D eigenvalue weighted by Crippen LogP contribution is -2.50. The van der Waals surface area contributed by atoms with Gasteiger partial charge in [0.2, 0.25) is 5.91 Å². The van der Waals surface area contributed by atoms with Crippen molar-refractivity contribution in [1.82, 2.24) is 4.90 Å². The van der Waals surface area contributed by atoms with E-state index >= 15 is 0 Å². The zero-order valence-electron chi connectivity index (χ0n) is 15.9. The minimum absolute atomic E-state index is 0.0144. The van der Waals surface area contributed by atoms with Crippen LogP contribution in [0.25, 0.3) is 0 Å². The molecule has 5 nitrogen and oxygen atoms in total. The molecule has 1 N–H and O–H groups in total.